The van der Waals surface area contributed by atoms with Crippen LogP contribution in [0.5, 0.6) is 5.75 Å². The van der Waals surface area contributed by atoms with Gasteiger partial charge >= 0.3 is 0 Å². The highest BCUT2D eigenvalue weighted by atomic mass is 16.7. The number of ether oxygens (including phenoxy) is 1. The Balaban J connectivity index is 1.48. The molecule has 0 saturated carbocycles. The number of hydrogen-bond acceptors (Lipinski definition) is 4. The fourth-order valence-corrected chi connectivity index (χ4v) is 3.45. The van der Waals surface area contributed by atoms with Gasteiger partial charge in [-0.1, -0.05) is 32.0 Å². The van der Waals surface area contributed by atoms with Crippen LogP contribution in [0.15, 0.2) is 65.0 Å². The van der Waals surface area contributed by atoms with Crippen LogP contribution in [0.3, 0.4) is 0 Å². The van der Waals surface area contributed by atoms with Gasteiger partial charge in [0.15, 0.2) is 11.7 Å². The third-order valence-corrected chi connectivity index (χ3v) is 4.97. The molecular weight excluding hydrogens is 380 g/mol. The molecule has 0 bridgehead atoms. The normalized spacial score (nSPS) is 17.2. The molecule has 3 heterocycles. The zero-order chi connectivity index (χ0) is 21.3. The summed E-state index contributed by atoms with van der Waals surface area (Å²) in [5, 5.41) is 9.61. The quantitative estimate of drug-likeness (QED) is 0.734. The number of amides is 1. The van der Waals surface area contributed by atoms with Crippen molar-refractivity contribution in [3.05, 3.63) is 71.3 Å². The standard InChI is InChI=1S/C23H24N4O3/c1-15(2)18-8-4-5-9-20(18)29-12-11-26-10-6-7-17(26)14-19-22(24)27-21(25-23(19)28)13-16(3)30-27/h4-10,13-15,24H,11-12H2,1-3H3/b19-14+,24-22?. The van der Waals surface area contributed by atoms with E-state index in [-0.39, 0.29) is 11.4 Å². The largest absolute Gasteiger partial charge is 0.491 e. The second-order valence-corrected chi connectivity index (χ2v) is 7.49. The maximum absolute atomic E-state index is 12.4. The minimum Gasteiger partial charge on any atom is -0.491 e. The van der Waals surface area contributed by atoms with Crippen molar-refractivity contribution in [2.24, 2.45) is 4.99 Å². The van der Waals surface area contributed by atoms with E-state index < -0.39 is 5.91 Å². The van der Waals surface area contributed by atoms with Gasteiger partial charge in [0.05, 0.1) is 12.1 Å². The molecule has 2 aliphatic heterocycles. The molecule has 0 unspecified atom stereocenters. The predicted molar refractivity (Wildman–Crippen MR) is 115 cm³/mol. The lowest BCUT2D eigenvalue weighted by Gasteiger charge is -2.23. The van der Waals surface area contributed by atoms with E-state index in [0.29, 0.717) is 30.7 Å². The van der Waals surface area contributed by atoms with Crippen molar-refractivity contribution in [2.75, 3.05) is 6.61 Å². The SMILES string of the molecule is CC1=CC2=NC(=O)/C(=C/c3cccn3CCOc3ccccc3C(C)C)C(=N)N2O1. The number of carbonyl (C=O) groups excluding carboxylic acids is 1. The average molecular weight is 404 g/mol. The van der Waals surface area contributed by atoms with Gasteiger partial charge in [-0.05, 0) is 42.7 Å². The minimum atomic E-state index is -0.448. The highest BCUT2D eigenvalue weighted by Gasteiger charge is 2.34. The maximum Gasteiger partial charge on any atom is 0.283 e. The number of hydrogen-bond donors (Lipinski definition) is 1. The number of nitrogens with one attached hydrogen (secondary N) is 1. The van der Waals surface area contributed by atoms with E-state index in [1.807, 2.05) is 41.1 Å². The van der Waals surface area contributed by atoms with Crippen molar-refractivity contribution in [3.63, 3.8) is 0 Å². The number of fused-ring (bicyclic) bond motifs is 1. The van der Waals surface area contributed by atoms with Crippen LogP contribution in [0.1, 0.15) is 37.9 Å². The van der Waals surface area contributed by atoms with E-state index in [0.717, 1.165) is 11.4 Å². The lowest BCUT2D eigenvalue weighted by atomic mass is 10.0. The van der Waals surface area contributed by atoms with Crippen LogP contribution in [-0.4, -0.2) is 33.8 Å². The number of benzene rings is 1. The van der Waals surface area contributed by atoms with Crippen molar-refractivity contribution < 1.29 is 14.4 Å². The van der Waals surface area contributed by atoms with Gasteiger partial charge in [-0.3, -0.25) is 10.2 Å². The fraction of sp³-hybridized carbons (Fsp3) is 0.261. The first-order valence-corrected chi connectivity index (χ1v) is 9.91. The topological polar surface area (TPSA) is 79.9 Å². The van der Waals surface area contributed by atoms with Crippen molar-refractivity contribution in [2.45, 2.75) is 33.2 Å². The van der Waals surface area contributed by atoms with Crippen molar-refractivity contribution in [1.29, 1.82) is 5.41 Å². The molecule has 0 atom stereocenters. The van der Waals surface area contributed by atoms with Gasteiger partial charge in [0.1, 0.15) is 18.1 Å². The Kier molecular flexibility index (Phi) is 5.27. The molecule has 7 heteroatoms. The minimum absolute atomic E-state index is 0.0204. The van der Waals surface area contributed by atoms with E-state index in [2.05, 4.69) is 24.9 Å². The van der Waals surface area contributed by atoms with Crippen LogP contribution < -0.4 is 4.74 Å². The summed E-state index contributed by atoms with van der Waals surface area (Å²) in [5.74, 6) is 1.73. The molecule has 0 saturated heterocycles. The Morgan fingerprint density at radius 2 is 2.03 bits per heavy atom. The van der Waals surface area contributed by atoms with Gasteiger partial charge in [0.25, 0.3) is 5.91 Å². The number of rotatable bonds is 6. The van der Waals surface area contributed by atoms with Crippen molar-refractivity contribution in [1.82, 2.24) is 9.63 Å². The number of aliphatic imine (C=N–C) groups is 1. The Labute approximate surface area is 175 Å². The molecule has 1 aromatic heterocycles. The Hall–Kier alpha value is -3.61. The summed E-state index contributed by atoms with van der Waals surface area (Å²) < 4.78 is 8.01. The molecule has 0 radical (unpaired) electrons. The van der Waals surface area contributed by atoms with E-state index in [9.17, 15) is 4.79 Å². The van der Waals surface area contributed by atoms with E-state index in [1.54, 1.807) is 19.1 Å². The second kappa shape index (κ2) is 8.02. The molecule has 30 heavy (non-hydrogen) atoms. The van der Waals surface area contributed by atoms with Gasteiger partial charge in [-0.2, -0.15) is 4.99 Å². The number of allylic oxidation sites excluding steroid dienone is 1. The number of para-hydroxylation sites is 1. The molecule has 7 nitrogen and oxygen atoms in total. The summed E-state index contributed by atoms with van der Waals surface area (Å²) in [7, 11) is 0. The molecule has 0 spiro atoms. The maximum atomic E-state index is 12.4. The molecule has 154 valence electrons. The summed E-state index contributed by atoms with van der Waals surface area (Å²) in [6, 6.07) is 11.8. The smallest absolute Gasteiger partial charge is 0.283 e. The summed E-state index contributed by atoms with van der Waals surface area (Å²) in [4.78, 5) is 21.9. The highest BCUT2D eigenvalue weighted by Crippen LogP contribution is 2.26. The Bertz CT molecular complexity index is 1090. The molecule has 2 aromatic rings. The highest BCUT2D eigenvalue weighted by molar-refractivity contribution is 6.32. The molecule has 4 rings (SSSR count). The van der Waals surface area contributed by atoms with Crippen LogP contribution in [0.4, 0.5) is 0 Å². The lowest BCUT2D eigenvalue weighted by molar-refractivity contribution is -0.114. The van der Waals surface area contributed by atoms with Crippen LogP contribution in [0, 0.1) is 5.41 Å². The first-order chi connectivity index (χ1) is 14.4. The number of aromatic nitrogens is 1. The average Bonchev–Trinajstić information content (AvgIpc) is 3.31. The first-order valence-electron chi connectivity index (χ1n) is 9.91. The number of nitrogens with zero attached hydrogens (tertiary/aromatic N) is 3. The summed E-state index contributed by atoms with van der Waals surface area (Å²) in [6.45, 7) is 7.13. The summed E-state index contributed by atoms with van der Waals surface area (Å²) >= 11 is 0. The van der Waals surface area contributed by atoms with Gasteiger partial charge in [-0.25, -0.2) is 0 Å². The van der Waals surface area contributed by atoms with E-state index in [4.69, 9.17) is 15.0 Å². The molecule has 1 N–H and O–H groups in total. The predicted octanol–water partition coefficient (Wildman–Crippen LogP) is 4.14. The molecule has 1 amide bonds. The van der Waals surface area contributed by atoms with Gasteiger partial charge in [0.2, 0.25) is 0 Å². The van der Waals surface area contributed by atoms with Crippen LogP contribution in [0.2, 0.25) is 0 Å². The molecule has 0 aliphatic carbocycles. The Morgan fingerprint density at radius 3 is 2.83 bits per heavy atom. The van der Waals surface area contributed by atoms with Gasteiger partial charge in [-0.15, -0.1) is 5.06 Å². The zero-order valence-corrected chi connectivity index (χ0v) is 17.3. The van der Waals surface area contributed by atoms with E-state index in [1.165, 1.54) is 10.6 Å². The van der Waals surface area contributed by atoms with Crippen molar-refractivity contribution in [3.8, 4) is 5.75 Å². The fourth-order valence-electron chi connectivity index (χ4n) is 3.45. The van der Waals surface area contributed by atoms with Gasteiger partial charge < -0.3 is 14.1 Å². The van der Waals surface area contributed by atoms with Crippen LogP contribution >= 0.6 is 0 Å². The lowest BCUT2D eigenvalue weighted by Crippen LogP contribution is -2.38. The third kappa shape index (κ3) is 3.78. The molecule has 1 aromatic carbocycles. The number of carbonyl (C=O) groups is 1. The number of amidine groups is 2. The first kappa shape index (κ1) is 19.7. The second-order valence-electron chi connectivity index (χ2n) is 7.49. The molecule has 2 aliphatic rings. The zero-order valence-electron chi connectivity index (χ0n) is 17.3. The summed E-state index contributed by atoms with van der Waals surface area (Å²) in [5.41, 5.74) is 2.16. The monoisotopic (exact) mass is 404 g/mol. The van der Waals surface area contributed by atoms with E-state index >= 15 is 0 Å². The summed E-state index contributed by atoms with van der Waals surface area (Å²) in [6.07, 6.45) is 5.23. The molecule has 0 fully saturated rings. The third-order valence-electron chi connectivity index (χ3n) is 4.97. The number of hydroxylamine groups is 2. The Morgan fingerprint density at radius 1 is 1.23 bits per heavy atom. The van der Waals surface area contributed by atoms with Crippen molar-refractivity contribution >= 4 is 23.7 Å². The molecular formula is C23H24N4O3. The van der Waals surface area contributed by atoms with Crippen LogP contribution in [-0.2, 0) is 16.2 Å². The van der Waals surface area contributed by atoms with Crippen LogP contribution in [0.25, 0.3) is 6.08 Å². The van der Waals surface area contributed by atoms with Gasteiger partial charge in [0, 0.05) is 18.0 Å².